The molecule has 0 N–H and O–H groups in total. The Balaban J connectivity index is 2.86. The molecule has 0 aromatic carbocycles. The highest BCUT2D eigenvalue weighted by atomic mass is 16.5. The third kappa shape index (κ3) is 2.24. The zero-order valence-electron chi connectivity index (χ0n) is 7.74. The van der Waals surface area contributed by atoms with Crippen molar-refractivity contribution < 1.29 is 0 Å². The molecule has 0 saturated heterocycles. The van der Waals surface area contributed by atoms with Crippen molar-refractivity contribution in [2.24, 2.45) is 5.41 Å². The van der Waals surface area contributed by atoms with E-state index in [1.165, 1.54) is 7.05 Å². The molecule has 0 fully saturated rings. The summed E-state index contributed by atoms with van der Waals surface area (Å²) >= 11 is 0. The number of likely N-dealkylation sites (N-methyl/N-ethyl adjacent to an activating group) is 1. The maximum absolute atomic E-state index is 10.9. The largest absolute Gasteiger partial charge is 0.758 e. The highest BCUT2D eigenvalue weighted by Crippen LogP contribution is 2.22. The second-order valence-electron chi connectivity index (χ2n) is 3.60. The van der Waals surface area contributed by atoms with Crippen LogP contribution in [-0.2, 0) is 0 Å². The Morgan fingerprint density at radius 1 is 1.33 bits per heavy atom. The molecule has 0 radical (unpaired) electrons. The van der Waals surface area contributed by atoms with E-state index in [4.69, 9.17) is 0 Å². The van der Waals surface area contributed by atoms with Gasteiger partial charge in [-0.15, -0.1) is 0 Å². The Kier molecular flexibility index (Phi) is 2.38. The van der Waals surface area contributed by atoms with E-state index in [0.29, 0.717) is 5.70 Å². The molecule has 1 aliphatic carbocycles. The van der Waals surface area contributed by atoms with Crippen LogP contribution in [-0.4, -0.2) is 12.1 Å². The summed E-state index contributed by atoms with van der Waals surface area (Å²) in [5.74, 6) is 0. The van der Waals surface area contributed by atoms with Gasteiger partial charge < -0.3 is 10.3 Å². The van der Waals surface area contributed by atoms with Crippen molar-refractivity contribution in [3.63, 3.8) is 0 Å². The zero-order chi connectivity index (χ0) is 9.19. The summed E-state index contributed by atoms with van der Waals surface area (Å²) in [6, 6.07) is 0. The van der Waals surface area contributed by atoms with Crippen molar-refractivity contribution in [2.75, 3.05) is 7.05 Å². The SMILES string of the molecule is CN([O-])C1=CC=CC(C)(C)C=C1. The lowest BCUT2D eigenvalue weighted by molar-refractivity contribution is 0.587. The second kappa shape index (κ2) is 3.15. The van der Waals surface area contributed by atoms with Crippen molar-refractivity contribution in [3.05, 3.63) is 41.3 Å². The molecule has 1 aliphatic rings. The predicted molar refractivity (Wildman–Crippen MR) is 51.3 cm³/mol. The fraction of sp³-hybridized carbons (Fsp3) is 0.400. The smallest absolute Gasteiger partial charge is 0.0254 e. The van der Waals surface area contributed by atoms with Crippen LogP contribution in [0.2, 0.25) is 0 Å². The molecule has 0 atom stereocenters. The molecule has 0 aromatic heterocycles. The number of allylic oxidation sites excluding steroid dienone is 5. The van der Waals surface area contributed by atoms with E-state index in [2.05, 4.69) is 19.9 Å². The monoisotopic (exact) mass is 164 g/mol. The molecule has 0 aliphatic heterocycles. The normalized spacial score (nSPS) is 20.2. The first-order valence-electron chi connectivity index (χ1n) is 4.01. The second-order valence-corrected chi connectivity index (χ2v) is 3.60. The minimum atomic E-state index is 0.0499. The summed E-state index contributed by atoms with van der Waals surface area (Å²) in [6.45, 7) is 4.20. The first-order valence-corrected chi connectivity index (χ1v) is 4.01. The Bertz CT molecular complexity index is 247. The molecule has 66 valence electrons. The van der Waals surface area contributed by atoms with E-state index in [1.807, 2.05) is 24.3 Å². The number of hydrogen-bond acceptors (Lipinski definition) is 2. The summed E-state index contributed by atoms with van der Waals surface area (Å²) in [6.07, 6.45) is 9.69. The molecular formula is C10H14NO-. The highest BCUT2D eigenvalue weighted by Gasteiger charge is 2.09. The van der Waals surface area contributed by atoms with E-state index < -0.39 is 0 Å². The zero-order valence-corrected chi connectivity index (χ0v) is 7.74. The van der Waals surface area contributed by atoms with Crippen molar-refractivity contribution in [1.82, 2.24) is 5.06 Å². The molecule has 12 heavy (non-hydrogen) atoms. The van der Waals surface area contributed by atoms with Crippen LogP contribution < -0.4 is 0 Å². The fourth-order valence-corrected chi connectivity index (χ4v) is 1.02. The van der Waals surface area contributed by atoms with Gasteiger partial charge in [0.05, 0.1) is 0 Å². The van der Waals surface area contributed by atoms with E-state index >= 15 is 0 Å². The summed E-state index contributed by atoms with van der Waals surface area (Å²) in [5.41, 5.74) is 0.741. The standard InChI is InChI=1S/C10H14NO/c1-10(2)7-4-5-9(6-8-10)11(3)12/h4-8H,1-3H3/q-1. The maximum atomic E-state index is 10.9. The lowest BCUT2D eigenvalue weighted by Crippen LogP contribution is -2.06. The summed E-state index contributed by atoms with van der Waals surface area (Å²) < 4.78 is 0. The summed E-state index contributed by atoms with van der Waals surface area (Å²) in [5, 5.41) is 11.8. The number of hydrogen-bond donors (Lipinski definition) is 0. The molecule has 0 heterocycles. The van der Waals surface area contributed by atoms with E-state index in [9.17, 15) is 5.21 Å². The van der Waals surface area contributed by atoms with Crippen LogP contribution in [0.3, 0.4) is 0 Å². The van der Waals surface area contributed by atoms with Crippen LogP contribution >= 0.6 is 0 Å². The third-order valence-corrected chi connectivity index (χ3v) is 1.84. The van der Waals surface area contributed by atoms with Crippen molar-refractivity contribution in [1.29, 1.82) is 0 Å². The molecule has 0 saturated carbocycles. The number of rotatable bonds is 1. The molecule has 0 spiro atoms. The maximum Gasteiger partial charge on any atom is 0.0254 e. The summed E-state index contributed by atoms with van der Waals surface area (Å²) in [7, 11) is 1.50. The molecule has 2 nitrogen and oxygen atoms in total. The fourth-order valence-electron chi connectivity index (χ4n) is 1.02. The van der Waals surface area contributed by atoms with Gasteiger partial charge >= 0.3 is 0 Å². The van der Waals surface area contributed by atoms with Crippen LogP contribution in [0.15, 0.2) is 36.1 Å². The minimum absolute atomic E-state index is 0.0499. The Morgan fingerprint density at radius 2 is 2.00 bits per heavy atom. The number of nitrogens with zero attached hydrogens (tertiary/aromatic N) is 1. The van der Waals surface area contributed by atoms with Gasteiger partial charge in [0.15, 0.2) is 0 Å². The van der Waals surface area contributed by atoms with E-state index in [1.54, 1.807) is 0 Å². The van der Waals surface area contributed by atoms with Crippen LogP contribution in [0.1, 0.15) is 13.8 Å². The van der Waals surface area contributed by atoms with Gasteiger partial charge in [-0.25, -0.2) is 0 Å². The van der Waals surface area contributed by atoms with E-state index in [0.717, 1.165) is 5.06 Å². The first kappa shape index (κ1) is 9.07. The predicted octanol–water partition coefficient (Wildman–Crippen LogP) is 2.45. The van der Waals surface area contributed by atoms with E-state index in [-0.39, 0.29) is 5.41 Å². The Labute approximate surface area is 73.5 Å². The van der Waals surface area contributed by atoms with Gasteiger partial charge in [-0.3, -0.25) is 0 Å². The molecular weight excluding hydrogens is 150 g/mol. The lowest BCUT2D eigenvalue weighted by atomic mass is 9.93. The van der Waals surface area contributed by atoms with Gasteiger partial charge in [-0.2, -0.15) is 0 Å². The van der Waals surface area contributed by atoms with Crippen molar-refractivity contribution >= 4 is 0 Å². The lowest BCUT2D eigenvalue weighted by Gasteiger charge is -2.25. The molecule has 0 bridgehead atoms. The van der Waals surface area contributed by atoms with Gasteiger partial charge in [0, 0.05) is 11.1 Å². The minimum Gasteiger partial charge on any atom is -0.758 e. The molecule has 0 unspecified atom stereocenters. The van der Waals surface area contributed by atoms with Crippen molar-refractivity contribution in [3.8, 4) is 0 Å². The molecule has 1 rings (SSSR count). The Morgan fingerprint density at radius 3 is 2.58 bits per heavy atom. The molecule has 0 amide bonds. The van der Waals surface area contributed by atoms with Crippen LogP contribution in [0.25, 0.3) is 0 Å². The number of hydroxylamine groups is 2. The van der Waals surface area contributed by atoms with Crippen LogP contribution in [0, 0.1) is 10.6 Å². The van der Waals surface area contributed by atoms with Gasteiger partial charge in [0.1, 0.15) is 0 Å². The molecule has 2 heteroatoms. The highest BCUT2D eigenvalue weighted by molar-refractivity contribution is 5.29. The first-order chi connectivity index (χ1) is 5.51. The average molecular weight is 164 g/mol. The van der Waals surface area contributed by atoms with Gasteiger partial charge in [0.2, 0.25) is 0 Å². The van der Waals surface area contributed by atoms with Gasteiger partial charge in [-0.1, -0.05) is 32.1 Å². The quantitative estimate of drug-likeness (QED) is 0.556. The van der Waals surface area contributed by atoms with Gasteiger partial charge in [0.25, 0.3) is 0 Å². The van der Waals surface area contributed by atoms with Crippen LogP contribution in [0.5, 0.6) is 0 Å². The third-order valence-electron chi connectivity index (χ3n) is 1.84. The van der Waals surface area contributed by atoms with Gasteiger partial charge in [-0.05, 0) is 19.2 Å². The van der Waals surface area contributed by atoms with Crippen molar-refractivity contribution in [2.45, 2.75) is 13.8 Å². The average Bonchev–Trinajstić information content (AvgIpc) is 2.10. The topological polar surface area (TPSA) is 26.3 Å². The molecule has 0 aromatic rings. The Hall–Kier alpha value is -1.02. The summed E-state index contributed by atoms with van der Waals surface area (Å²) in [4.78, 5) is 0. The van der Waals surface area contributed by atoms with Crippen LogP contribution in [0.4, 0.5) is 0 Å².